The van der Waals surface area contributed by atoms with Crippen LogP contribution in [0.5, 0.6) is 0 Å². The SMILES string of the molecule is CC(C)CC(=O)NCCCC(=O)NC(C)C. The molecule has 0 saturated heterocycles. The monoisotopic (exact) mass is 228 g/mol. The van der Waals surface area contributed by atoms with Crippen LogP contribution in [0.1, 0.15) is 47.0 Å². The zero-order chi connectivity index (χ0) is 12.6. The summed E-state index contributed by atoms with van der Waals surface area (Å²) in [5.74, 6) is 0.497. The molecule has 2 amide bonds. The van der Waals surface area contributed by atoms with Gasteiger partial charge < -0.3 is 10.6 Å². The Labute approximate surface area is 98.2 Å². The Morgan fingerprint density at radius 2 is 1.69 bits per heavy atom. The molecule has 0 aliphatic carbocycles. The summed E-state index contributed by atoms with van der Waals surface area (Å²) in [7, 11) is 0. The van der Waals surface area contributed by atoms with Gasteiger partial charge in [-0.3, -0.25) is 9.59 Å². The summed E-state index contributed by atoms with van der Waals surface area (Å²) in [6, 6.07) is 0.183. The van der Waals surface area contributed by atoms with Crippen LogP contribution in [0.15, 0.2) is 0 Å². The quantitative estimate of drug-likeness (QED) is 0.648. The van der Waals surface area contributed by atoms with Crippen molar-refractivity contribution in [1.82, 2.24) is 10.6 Å². The molecule has 0 aromatic carbocycles. The van der Waals surface area contributed by atoms with Crippen LogP contribution in [0.4, 0.5) is 0 Å². The largest absolute Gasteiger partial charge is 0.356 e. The zero-order valence-electron chi connectivity index (χ0n) is 10.8. The summed E-state index contributed by atoms with van der Waals surface area (Å²) < 4.78 is 0. The minimum Gasteiger partial charge on any atom is -0.356 e. The minimum absolute atomic E-state index is 0.0492. The lowest BCUT2D eigenvalue weighted by molar-refractivity contribution is -0.123. The molecule has 0 saturated carbocycles. The molecule has 94 valence electrons. The van der Waals surface area contributed by atoms with Crippen molar-refractivity contribution in [2.24, 2.45) is 5.92 Å². The van der Waals surface area contributed by atoms with Crippen LogP contribution in [0, 0.1) is 5.92 Å². The van der Waals surface area contributed by atoms with Crippen molar-refractivity contribution >= 4 is 11.8 Å². The Kier molecular flexibility index (Phi) is 7.60. The van der Waals surface area contributed by atoms with Crippen molar-refractivity contribution < 1.29 is 9.59 Å². The molecular weight excluding hydrogens is 204 g/mol. The number of amides is 2. The Hall–Kier alpha value is -1.06. The van der Waals surface area contributed by atoms with Crippen LogP contribution in [-0.4, -0.2) is 24.4 Å². The van der Waals surface area contributed by atoms with E-state index in [1.807, 2.05) is 27.7 Å². The molecule has 0 spiro atoms. The molecule has 0 aliphatic heterocycles. The highest BCUT2D eigenvalue weighted by Crippen LogP contribution is 1.98. The second-order valence-electron chi connectivity index (χ2n) is 4.77. The standard InChI is InChI=1S/C12H24N2O2/c1-9(2)8-12(16)13-7-5-6-11(15)14-10(3)4/h9-10H,5-8H2,1-4H3,(H,13,16)(H,14,15). The second kappa shape index (κ2) is 8.13. The van der Waals surface area contributed by atoms with Crippen molar-refractivity contribution in [3.05, 3.63) is 0 Å². The Balaban J connectivity index is 3.46. The van der Waals surface area contributed by atoms with Gasteiger partial charge in [-0.25, -0.2) is 0 Å². The normalized spacial score (nSPS) is 10.6. The summed E-state index contributed by atoms with van der Waals surface area (Å²) in [5, 5.41) is 5.62. The summed E-state index contributed by atoms with van der Waals surface area (Å²) in [6.45, 7) is 8.47. The molecule has 0 fully saturated rings. The van der Waals surface area contributed by atoms with E-state index in [1.54, 1.807) is 0 Å². The smallest absolute Gasteiger partial charge is 0.220 e. The van der Waals surface area contributed by atoms with Crippen LogP contribution < -0.4 is 10.6 Å². The first-order valence-electron chi connectivity index (χ1n) is 5.98. The van der Waals surface area contributed by atoms with E-state index in [4.69, 9.17) is 0 Å². The summed E-state index contributed by atoms with van der Waals surface area (Å²) in [6.07, 6.45) is 1.72. The van der Waals surface area contributed by atoms with E-state index in [1.165, 1.54) is 0 Å². The average Bonchev–Trinajstić information content (AvgIpc) is 2.10. The summed E-state index contributed by atoms with van der Waals surface area (Å²) >= 11 is 0. The van der Waals surface area contributed by atoms with Gasteiger partial charge in [0, 0.05) is 25.4 Å². The van der Waals surface area contributed by atoms with E-state index in [0.717, 1.165) is 0 Å². The molecule has 0 atom stereocenters. The number of carbonyl (C=O) groups is 2. The fourth-order valence-corrected chi connectivity index (χ4v) is 1.31. The van der Waals surface area contributed by atoms with Crippen molar-refractivity contribution in [1.29, 1.82) is 0 Å². The molecule has 4 heteroatoms. The summed E-state index contributed by atoms with van der Waals surface area (Å²) in [4.78, 5) is 22.5. The number of hydrogen-bond acceptors (Lipinski definition) is 2. The van der Waals surface area contributed by atoms with Gasteiger partial charge in [0.15, 0.2) is 0 Å². The molecule has 0 rings (SSSR count). The maximum atomic E-state index is 11.3. The van der Waals surface area contributed by atoms with Crippen molar-refractivity contribution in [3.63, 3.8) is 0 Å². The lowest BCUT2D eigenvalue weighted by atomic mass is 10.1. The first-order valence-corrected chi connectivity index (χ1v) is 5.98. The fourth-order valence-electron chi connectivity index (χ4n) is 1.31. The molecule has 4 nitrogen and oxygen atoms in total. The first kappa shape index (κ1) is 14.9. The van der Waals surface area contributed by atoms with E-state index in [2.05, 4.69) is 10.6 Å². The van der Waals surface area contributed by atoms with Crippen molar-refractivity contribution in [2.45, 2.75) is 53.0 Å². The van der Waals surface area contributed by atoms with Crippen LogP contribution in [-0.2, 0) is 9.59 Å². The highest BCUT2D eigenvalue weighted by Gasteiger charge is 2.05. The molecule has 2 N–H and O–H groups in total. The van der Waals surface area contributed by atoms with Gasteiger partial charge >= 0.3 is 0 Å². The van der Waals surface area contributed by atoms with Crippen LogP contribution in [0.3, 0.4) is 0 Å². The molecular formula is C12H24N2O2. The molecule has 0 aliphatic rings. The predicted octanol–water partition coefficient (Wildman–Crippen LogP) is 1.45. The molecule has 0 radical (unpaired) electrons. The van der Waals surface area contributed by atoms with Crippen molar-refractivity contribution in [2.75, 3.05) is 6.54 Å². The van der Waals surface area contributed by atoms with Crippen LogP contribution in [0.2, 0.25) is 0 Å². The van der Waals surface area contributed by atoms with Gasteiger partial charge in [-0.15, -0.1) is 0 Å². The third-order valence-corrected chi connectivity index (χ3v) is 1.95. The maximum absolute atomic E-state index is 11.3. The highest BCUT2D eigenvalue weighted by molar-refractivity contribution is 5.77. The first-order chi connectivity index (χ1) is 7.41. The average molecular weight is 228 g/mol. The number of nitrogens with one attached hydrogen (secondary N) is 2. The Morgan fingerprint density at radius 1 is 1.06 bits per heavy atom. The van der Waals surface area contributed by atoms with Gasteiger partial charge in [0.25, 0.3) is 0 Å². The second-order valence-corrected chi connectivity index (χ2v) is 4.77. The molecule has 0 unspecified atom stereocenters. The number of hydrogen-bond donors (Lipinski definition) is 2. The highest BCUT2D eigenvalue weighted by atomic mass is 16.2. The lowest BCUT2D eigenvalue weighted by Crippen LogP contribution is -2.31. The third kappa shape index (κ3) is 9.49. The fraction of sp³-hybridized carbons (Fsp3) is 0.833. The van der Waals surface area contributed by atoms with E-state index in [9.17, 15) is 9.59 Å². The van der Waals surface area contributed by atoms with Crippen LogP contribution in [0.25, 0.3) is 0 Å². The maximum Gasteiger partial charge on any atom is 0.220 e. The van der Waals surface area contributed by atoms with Gasteiger partial charge in [0.05, 0.1) is 0 Å². The molecule has 0 aromatic rings. The lowest BCUT2D eigenvalue weighted by Gasteiger charge is -2.09. The van der Waals surface area contributed by atoms with E-state index in [0.29, 0.717) is 31.7 Å². The number of rotatable bonds is 7. The van der Waals surface area contributed by atoms with E-state index in [-0.39, 0.29) is 17.9 Å². The Bertz CT molecular complexity index is 201. The number of carbonyl (C=O) groups excluding carboxylic acids is 2. The molecule has 0 aromatic heterocycles. The predicted molar refractivity (Wildman–Crippen MR) is 65.0 cm³/mol. The summed E-state index contributed by atoms with van der Waals surface area (Å²) in [5.41, 5.74) is 0. The third-order valence-electron chi connectivity index (χ3n) is 1.95. The molecule has 16 heavy (non-hydrogen) atoms. The van der Waals surface area contributed by atoms with Gasteiger partial charge in [0.1, 0.15) is 0 Å². The molecule has 0 bridgehead atoms. The van der Waals surface area contributed by atoms with E-state index >= 15 is 0 Å². The minimum atomic E-state index is 0.0492. The van der Waals surface area contributed by atoms with Gasteiger partial charge in [0.2, 0.25) is 11.8 Å². The van der Waals surface area contributed by atoms with Gasteiger partial charge in [-0.1, -0.05) is 13.8 Å². The van der Waals surface area contributed by atoms with E-state index < -0.39 is 0 Å². The van der Waals surface area contributed by atoms with Gasteiger partial charge in [-0.05, 0) is 26.2 Å². The Morgan fingerprint density at radius 3 is 2.19 bits per heavy atom. The zero-order valence-corrected chi connectivity index (χ0v) is 10.8. The topological polar surface area (TPSA) is 58.2 Å². The van der Waals surface area contributed by atoms with Crippen LogP contribution >= 0.6 is 0 Å². The van der Waals surface area contributed by atoms with Gasteiger partial charge in [-0.2, -0.15) is 0 Å². The molecule has 0 heterocycles. The van der Waals surface area contributed by atoms with Crippen molar-refractivity contribution in [3.8, 4) is 0 Å².